The van der Waals surface area contributed by atoms with Crippen molar-refractivity contribution < 1.29 is 9.05 Å². The fourth-order valence-electron chi connectivity index (χ4n) is 0.318. The summed E-state index contributed by atoms with van der Waals surface area (Å²) in [4.78, 5) is 0. The van der Waals surface area contributed by atoms with Crippen LogP contribution in [0.15, 0.2) is 11.9 Å². The van der Waals surface area contributed by atoms with Crippen molar-refractivity contribution in [1.82, 2.24) is 0 Å². The molecule has 0 aromatic heterocycles. The Labute approximate surface area is 51.4 Å². The van der Waals surface area contributed by atoms with Crippen molar-refractivity contribution >= 4 is 8.38 Å². The van der Waals surface area contributed by atoms with Crippen molar-refractivity contribution in [2.45, 2.75) is 6.92 Å². The minimum atomic E-state index is -0.737. The highest BCUT2D eigenvalue weighted by Crippen LogP contribution is 2.36. The summed E-state index contributed by atoms with van der Waals surface area (Å²) >= 11 is 0. The van der Waals surface area contributed by atoms with Gasteiger partial charge in [0, 0.05) is 14.2 Å². The van der Waals surface area contributed by atoms with E-state index in [1.165, 1.54) is 0 Å². The molecule has 0 aliphatic heterocycles. The standard InChI is InChI=1S/C5H11O2P/c1-4-5-8(6-2)7-3/h4-5H,1-3H3. The van der Waals surface area contributed by atoms with Crippen LogP contribution >= 0.6 is 8.38 Å². The molecular weight excluding hydrogens is 123 g/mol. The van der Waals surface area contributed by atoms with Crippen LogP contribution in [0.25, 0.3) is 0 Å². The molecule has 0 amide bonds. The van der Waals surface area contributed by atoms with Crippen molar-refractivity contribution in [2.75, 3.05) is 14.2 Å². The van der Waals surface area contributed by atoms with Crippen molar-refractivity contribution in [2.24, 2.45) is 0 Å². The van der Waals surface area contributed by atoms with Crippen LogP contribution in [0, 0.1) is 0 Å². The first kappa shape index (κ1) is 8.09. The van der Waals surface area contributed by atoms with E-state index in [1.54, 1.807) is 14.2 Å². The van der Waals surface area contributed by atoms with Crippen molar-refractivity contribution in [1.29, 1.82) is 0 Å². The van der Waals surface area contributed by atoms with Crippen LogP contribution < -0.4 is 0 Å². The summed E-state index contributed by atoms with van der Waals surface area (Å²) in [6.45, 7) is 1.94. The van der Waals surface area contributed by atoms with E-state index >= 15 is 0 Å². The van der Waals surface area contributed by atoms with Crippen LogP contribution in [0.4, 0.5) is 0 Å². The smallest absolute Gasteiger partial charge is 0.196 e. The van der Waals surface area contributed by atoms with Gasteiger partial charge in [-0.25, -0.2) is 0 Å². The predicted octanol–water partition coefficient (Wildman–Crippen LogP) is 2.12. The first-order valence-electron chi connectivity index (χ1n) is 2.35. The Kier molecular flexibility index (Phi) is 5.29. The summed E-state index contributed by atoms with van der Waals surface area (Å²) in [6, 6.07) is 0. The summed E-state index contributed by atoms with van der Waals surface area (Å²) in [5.74, 6) is 1.90. The predicted molar refractivity (Wildman–Crippen MR) is 35.8 cm³/mol. The first-order chi connectivity index (χ1) is 3.85. The minimum Gasteiger partial charge on any atom is -0.334 e. The van der Waals surface area contributed by atoms with Crippen LogP contribution in [0.1, 0.15) is 6.92 Å². The van der Waals surface area contributed by atoms with Gasteiger partial charge in [0.2, 0.25) is 0 Å². The normalized spacial score (nSPS) is 11.5. The molecule has 0 N–H and O–H groups in total. The van der Waals surface area contributed by atoms with Crippen molar-refractivity contribution in [3.8, 4) is 0 Å². The number of allylic oxidation sites excluding steroid dienone is 1. The highest BCUT2D eigenvalue weighted by Gasteiger charge is 1.95. The molecule has 0 fully saturated rings. The van der Waals surface area contributed by atoms with Gasteiger partial charge >= 0.3 is 0 Å². The van der Waals surface area contributed by atoms with Gasteiger partial charge in [-0.3, -0.25) is 0 Å². The van der Waals surface area contributed by atoms with Gasteiger partial charge in [0.15, 0.2) is 8.38 Å². The Hall–Kier alpha value is 0.0900. The zero-order chi connectivity index (χ0) is 6.41. The minimum absolute atomic E-state index is 0.737. The molecule has 0 aliphatic carbocycles. The molecule has 0 saturated carbocycles. The molecule has 0 aromatic carbocycles. The van der Waals surface area contributed by atoms with Gasteiger partial charge < -0.3 is 9.05 Å². The Morgan fingerprint density at radius 3 is 1.88 bits per heavy atom. The van der Waals surface area contributed by atoms with E-state index in [-0.39, 0.29) is 0 Å². The summed E-state index contributed by atoms with van der Waals surface area (Å²) in [6.07, 6.45) is 1.92. The van der Waals surface area contributed by atoms with Crippen molar-refractivity contribution in [3.63, 3.8) is 0 Å². The molecule has 0 heterocycles. The van der Waals surface area contributed by atoms with Crippen LogP contribution in [0.2, 0.25) is 0 Å². The molecule has 48 valence electrons. The Morgan fingerprint density at radius 1 is 1.25 bits per heavy atom. The lowest BCUT2D eigenvalue weighted by Gasteiger charge is -2.04. The van der Waals surface area contributed by atoms with E-state index in [2.05, 4.69) is 0 Å². The van der Waals surface area contributed by atoms with Gasteiger partial charge in [-0.1, -0.05) is 6.08 Å². The molecule has 0 rings (SSSR count). The van der Waals surface area contributed by atoms with E-state index < -0.39 is 8.38 Å². The Morgan fingerprint density at radius 2 is 1.75 bits per heavy atom. The van der Waals surface area contributed by atoms with Crippen LogP contribution in [0.3, 0.4) is 0 Å². The SMILES string of the molecule is CC=CP(OC)OC. The third kappa shape index (κ3) is 3.14. The molecule has 0 radical (unpaired) electrons. The largest absolute Gasteiger partial charge is 0.334 e. The zero-order valence-corrected chi connectivity index (χ0v) is 6.31. The maximum atomic E-state index is 4.90. The van der Waals surface area contributed by atoms with Gasteiger partial charge in [0.05, 0.1) is 0 Å². The number of rotatable bonds is 3. The lowest BCUT2D eigenvalue weighted by Crippen LogP contribution is -1.74. The second-order valence-corrected chi connectivity index (χ2v) is 2.73. The summed E-state index contributed by atoms with van der Waals surface area (Å²) in [5, 5.41) is 0. The summed E-state index contributed by atoms with van der Waals surface area (Å²) < 4.78 is 9.79. The molecule has 3 heteroatoms. The van der Waals surface area contributed by atoms with Crippen LogP contribution in [-0.2, 0) is 9.05 Å². The maximum absolute atomic E-state index is 4.90. The molecule has 0 aromatic rings. The van der Waals surface area contributed by atoms with E-state index in [1.807, 2.05) is 18.8 Å². The molecule has 0 unspecified atom stereocenters. The lowest BCUT2D eigenvalue weighted by atomic mass is 10.8. The van der Waals surface area contributed by atoms with Gasteiger partial charge in [0.25, 0.3) is 0 Å². The van der Waals surface area contributed by atoms with E-state index in [9.17, 15) is 0 Å². The van der Waals surface area contributed by atoms with Crippen molar-refractivity contribution in [3.05, 3.63) is 11.9 Å². The summed E-state index contributed by atoms with van der Waals surface area (Å²) in [7, 11) is 2.53. The quantitative estimate of drug-likeness (QED) is 0.550. The van der Waals surface area contributed by atoms with Gasteiger partial charge in [-0.15, -0.1) is 0 Å². The lowest BCUT2D eigenvalue weighted by molar-refractivity contribution is 0.349. The third-order valence-electron chi connectivity index (χ3n) is 0.631. The van der Waals surface area contributed by atoms with E-state index in [0.717, 1.165) is 0 Å². The van der Waals surface area contributed by atoms with E-state index in [0.29, 0.717) is 0 Å². The molecule has 0 saturated heterocycles. The third-order valence-corrected chi connectivity index (χ3v) is 1.89. The van der Waals surface area contributed by atoms with Crippen LogP contribution in [-0.4, -0.2) is 14.2 Å². The molecule has 8 heavy (non-hydrogen) atoms. The number of hydrogen-bond donors (Lipinski definition) is 0. The van der Waals surface area contributed by atoms with Gasteiger partial charge in [-0.2, -0.15) is 0 Å². The molecule has 0 spiro atoms. The topological polar surface area (TPSA) is 18.5 Å². The number of hydrogen-bond acceptors (Lipinski definition) is 2. The fourth-order valence-corrected chi connectivity index (χ4v) is 0.954. The van der Waals surface area contributed by atoms with Gasteiger partial charge in [-0.05, 0) is 12.7 Å². The fraction of sp³-hybridized carbons (Fsp3) is 0.600. The monoisotopic (exact) mass is 134 g/mol. The molecule has 0 aliphatic rings. The Balaban J connectivity index is 3.36. The van der Waals surface area contributed by atoms with E-state index in [4.69, 9.17) is 9.05 Å². The van der Waals surface area contributed by atoms with Crippen LogP contribution in [0.5, 0.6) is 0 Å². The average Bonchev–Trinajstić information content (AvgIpc) is 1.83. The highest BCUT2D eigenvalue weighted by molar-refractivity contribution is 7.50. The molecule has 2 nitrogen and oxygen atoms in total. The maximum Gasteiger partial charge on any atom is 0.196 e. The Bertz CT molecular complexity index is 68.8. The zero-order valence-electron chi connectivity index (χ0n) is 5.42. The first-order valence-corrected chi connectivity index (χ1v) is 3.60. The second-order valence-electron chi connectivity index (χ2n) is 1.13. The van der Waals surface area contributed by atoms with Gasteiger partial charge in [0.1, 0.15) is 0 Å². The highest BCUT2D eigenvalue weighted by atomic mass is 31.2. The molecule has 0 atom stereocenters. The molecular formula is C5H11O2P. The summed E-state index contributed by atoms with van der Waals surface area (Å²) in [5.41, 5.74) is 0. The average molecular weight is 134 g/mol. The second kappa shape index (κ2) is 5.23. The molecule has 0 bridgehead atoms.